The number of nitrogens with zero attached hydrogens (tertiary/aromatic N) is 1. The fourth-order valence-electron chi connectivity index (χ4n) is 2.33. The zero-order valence-corrected chi connectivity index (χ0v) is 13.8. The van der Waals surface area contributed by atoms with Crippen LogP contribution in [0.2, 0.25) is 0 Å². The van der Waals surface area contributed by atoms with Gasteiger partial charge < -0.3 is 4.90 Å². The maximum absolute atomic E-state index is 12.3. The third kappa shape index (κ3) is 4.43. The van der Waals surface area contributed by atoms with Gasteiger partial charge in [0.05, 0.1) is 6.04 Å². The molecule has 0 fully saturated rings. The van der Waals surface area contributed by atoms with Crippen LogP contribution in [-0.2, 0) is 11.2 Å². The normalized spacial score (nSPS) is 12.1. The van der Waals surface area contributed by atoms with E-state index < -0.39 is 0 Å². The van der Waals surface area contributed by atoms with Gasteiger partial charge in [-0.2, -0.15) is 0 Å². The lowest BCUT2D eigenvalue weighted by atomic mass is 10.0. The number of rotatable bonds is 6. The van der Waals surface area contributed by atoms with Crippen molar-refractivity contribution in [3.63, 3.8) is 0 Å². The fraction of sp³-hybridized carbons (Fsp3) is 0.389. The summed E-state index contributed by atoms with van der Waals surface area (Å²) in [4.78, 5) is 15.5. The van der Waals surface area contributed by atoms with Crippen molar-refractivity contribution >= 4 is 17.2 Å². The van der Waals surface area contributed by atoms with E-state index in [1.54, 1.807) is 11.3 Å². The smallest absolute Gasteiger partial charge is 0.222 e. The molecule has 0 radical (unpaired) electrons. The van der Waals surface area contributed by atoms with Gasteiger partial charge in [0.2, 0.25) is 5.91 Å². The first kappa shape index (κ1) is 15.8. The zero-order chi connectivity index (χ0) is 15.2. The molecular formula is C18H23NOS. The van der Waals surface area contributed by atoms with E-state index >= 15 is 0 Å². The number of amides is 1. The summed E-state index contributed by atoms with van der Waals surface area (Å²) in [5, 5.41) is 2.09. The Morgan fingerprint density at radius 1 is 1.24 bits per heavy atom. The SMILES string of the molecule is Cc1ccc(C(C)N(C)C(=O)CCCc2cccs2)cc1. The summed E-state index contributed by atoms with van der Waals surface area (Å²) >= 11 is 1.76. The second kappa shape index (κ2) is 7.41. The summed E-state index contributed by atoms with van der Waals surface area (Å²) in [6.45, 7) is 4.16. The van der Waals surface area contributed by atoms with Gasteiger partial charge in [-0.05, 0) is 43.7 Å². The maximum Gasteiger partial charge on any atom is 0.222 e. The molecule has 2 rings (SSSR count). The minimum atomic E-state index is 0.125. The van der Waals surface area contributed by atoms with E-state index in [1.165, 1.54) is 16.0 Å². The molecule has 0 aliphatic rings. The Kier molecular flexibility index (Phi) is 5.57. The van der Waals surface area contributed by atoms with Gasteiger partial charge in [0, 0.05) is 18.3 Å². The number of benzene rings is 1. The summed E-state index contributed by atoms with van der Waals surface area (Å²) in [5.74, 6) is 0.222. The molecule has 21 heavy (non-hydrogen) atoms. The van der Waals surface area contributed by atoms with Gasteiger partial charge in [-0.1, -0.05) is 35.9 Å². The van der Waals surface area contributed by atoms with Crippen LogP contribution in [0.1, 0.15) is 41.8 Å². The summed E-state index contributed by atoms with van der Waals surface area (Å²) < 4.78 is 0. The molecule has 112 valence electrons. The number of carbonyl (C=O) groups excluding carboxylic acids is 1. The molecule has 1 unspecified atom stereocenters. The van der Waals surface area contributed by atoms with E-state index in [2.05, 4.69) is 55.6 Å². The molecule has 1 amide bonds. The van der Waals surface area contributed by atoms with Gasteiger partial charge in [-0.15, -0.1) is 11.3 Å². The number of hydrogen-bond donors (Lipinski definition) is 0. The average molecular weight is 301 g/mol. The lowest BCUT2D eigenvalue weighted by Crippen LogP contribution is -2.29. The van der Waals surface area contributed by atoms with E-state index in [-0.39, 0.29) is 11.9 Å². The Balaban J connectivity index is 1.84. The predicted octanol–water partition coefficient (Wildman–Crippen LogP) is 4.60. The van der Waals surface area contributed by atoms with Gasteiger partial charge in [-0.25, -0.2) is 0 Å². The maximum atomic E-state index is 12.3. The van der Waals surface area contributed by atoms with Crippen LogP contribution in [0.15, 0.2) is 41.8 Å². The quantitative estimate of drug-likeness (QED) is 0.763. The van der Waals surface area contributed by atoms with E-state index in [9.17, 15) is 4.79 Å². The number of hydrogen-bond acceptors (Lipinski definition) is 2. The second-order valence-electron chi connectivity index (χ2n) is 5.52. The van der Waals surface area contributed by atoms with Crippen molar-refractivity contribution in [2.24, 2.45) is 0 Å². The Morgan fingerprint density at radius 2 is 1.95 bits per heavy atom. The summed E-state index contributed by atoms with van der Waals surface area (Å²) in [5.41, 5.74) is 2.44. The first-order chi connectivity index (χ1) is 10.1. The molecule has 2 nitrogen and oxygen atoms in total. The van der Waals surface area contributed by atoms with Gasteiger partial charge in [-0.3, -0.25) is 4.79 Å². The number of aryl methyl sites for hydroxylation is 2. The minimum absolute atomic E-state index is 0.125. The molecule has 0 aliphatic carbocycles. The van der Waals surface area contributed by atoms with E-state index in [4.69, 9.17) is 0 Å². The van der Waals surface area contributed by atoms with Crippen molar-refractivity contribution in [1.29, 1.82) is 0 Å². The third-order valence-corrected chi connectivity index (χ3v) is 4.86. The molecule has 1 aromatic heterocycles. The van der Waals surface area contributed by atoms with Gasteiger partial charge in [0.15, 0.2) is 0 Å². The molecule has 1 atom stereocenters. The van der Waals surface area contributed by atoms with Gasteiger partial charge >= 0.3 is 0 Å². The average Bonchev–Trinajstić information content (AvgIpc) is 2.99. The lowest BCUT2D eigenvalue weighted by Gasteiger charge is -2.25. The molecule has 0 N–H and O–H groups in total. The highest BCUT2D eigenvalue weighted by atomic mass is 32.1. The Labute approximate surface area is 131 Å². The van der Waals surface area contributed by atoms with Crippen molar-refractivity contribution in [3.8, 4) is 0 Å². The van der Waals surface area contributed by atoms with Crippen LogP contribution in [0.25, 0.3) is 0 Å². The standard InChI is InChI=1S/C18H23NOS/c1-14-9-11-16(12-10-14)15(2)19(3)18(20)8-4-6-17-7-5-13-21-17/h5,7,9-13,15H,4,6,8H2,1-3H3. The van der Waals surface area contributed by atoms with E-state index in [0.29, 0.717) is 6.42 Å². The van der Waals surface area contributed by atoms with Crippen molar-refractivity contribution < 1.29 is 4.79 Å². The Morgan fingerprint density at radius 3 is 2.57 bits per heavy atom. The monoisotopic (exact) mass is 301 g/mol. The van der Waals surface area contributed by atoms with E-state index in [1.807, 2.05) is 11.9 Å². The van der Waals surface area contributed by atoms with Crippen molar-refractivity contribution in [1.82, 2.24) is 4.90 Å². The van der Waals surface area contributed by atoms with Crippen LogP contribution < -0.4 is 0 Å². The van der Waals surface area contributed by atoms with Gasteiger partial charge in [0.25, 0.3) is 0 Å². The Bertz CT molecular complexity index is 559. The molecular weight excluding hydrogens is 278 g/mol. The molecule has 0 bridgehead atoms. The minimum Gasteiger partial charge on any atom is -0.339 e. The van der Waals surface area contributed by atoms with Crippen LogP contribution in [0.4, 0.5) is 0 Å². The van der Waals surface area contributed by atoms with Crippen LogP contribution >= 0.6 is 11.3 Å². The van der Waals surface area contributed by atoms with Crippen LogP contribution in [0.5, 0.6) is 0 Å². The largest absolute Gasteiger partial charge is 0.339 e. The predicted molar refractivity (Wildman–Crippen MR) is 89.6 cm³/mol. The van der Waals surface area contributed by atoms with Gasteiger partial charge in [0.1, 0.15) is 0 Å². The first-order valence-electron chi connectivity index (χ1n) is 7.42. The molecule has 0 aliphatic heterocycles. The fourth-order valence-corrected chi connectivity index (χ4v) is 3.08. The molecule has 0 saturated heterocycles. The summed E-state index contributed by atoms with van der Waals surface area (Å²) in [6.07, 6.45) is 2.53. The van der Waals surface area contributed by atoms with Crippen LogP contribution in [-0.4, -0.2) is 17.9 Å². The first-order valence-corrected chi connectivity index (χ1v) is 8.30. The second-order valence-corrected chi connectivity index (χ2v) is 6.56. The molecule has 0 spiro atoms. The topological polar surface area (TPSA) is 20.3 Å². The third-order valence-electron chi connectivity index (χ3n) is 3.93. The Hall–Kier alpha value is -1.61. The summed E-state index contributed by atoms with van der Waals surface area (Å²) in [6, 6.07) is 12.7. The highest BCUT2D eigenvalue weighted by Crippen LogP contribution is 2.20. The highest BCUT2D eigenvalue weighted by Gasteiger charge is 2.16. The molecule has 1 aromatic carbocycles. The number of carbonyl (C=O) groups is 1. The van der Waals surface area contributed by atoms with Crippen LogP contribution in [0, 0.1) is 6.92 Å². The van der Waals surface area contributed by atoms with E-state index in [0.717, 1.165) is 12.8 Å². The summed E-state index contributed by atoms with van der Waals surface area (Å²) in [7, 11) is 1.90. The number of thiophene rings is 1. The van der Waals surface area contributed by atoms with Crippen molar-refractivity contribution in [2.45, 2.75) is 39.2 Å². The lowest BCUT2D eigenvalue weighted by molar-refractivity contribution is -0.131. The van der Waals surface area contributed by atoms with Crippen molar-refractivity contribution in [2.75, 3.05) is 7.05 Å². The molecule has 0 saturated carbocycles. The molecule has 3 heteroatoms. The molecule has 1 heterocycles. The molecule has 2 aromatic rings. The zero-order valence-electron chi connectivity index (χ0n) is 13.0. The van der Waals surface area contributed by atoms with Crippen molar-refractivity contribution in [3.05, 3.63) is 57.8 Å². The van der Waals surface area contributed by atoms with Crippen LogP contribution in [0.3, 0.4) is 0 Å². The highest BCUT2D eigenvalue weighted by molar-refractivity contribution is 7.09.